The number of hydrogen-bond donors (Lipinski definition) is 1. The summed E-state index contributed by atoms with van der Waals surface area (Å²) in [5.41, 5.74) is 0.342. The summed E-state index contributed by atoms with van der Waals surface area (Å²) < 4.78 is 4.46. The number of thioether (sulfide) groups is 1. The number of nitrogens with zero attached hydrogens (tertiary/aromatic N) is 1. The standard InChI is InChI=1S/C15H12N2O4S/c1-21-12(18)7-16-14(19)8-2-3-9-11(6-8)17-15(20)10-4-5-22-13(9)10/h2-6,10H,7H2,1H3,(H,16,19). The second-order valence-corrected chi connectivity index (χ2v) is 5.68. The summed E-state index contributed by atoms with van der Waals surface area (Å²) in [7, 11) is 1.25. The molecule has 0 radical (unpaired) electrons. The van der Waals surface area contributed by atoms with E-state index in [0.29, 0.717) is 10.9 Å². The Morgan fingerprint density at radius 2 is 2.23 bits per heavy atom. The second-order valence-electron chi connectivity index (χ2n) is 4.73. The molecular weight excluding hydrogens is 304 g/mol. The van der Waals surface area contributed by atoms with Gasteiger partial charge in [0.15, 0.2) is 0 Å². The van der Waals surface area contributed by atoms with Gasteiger partial charge in [0.2, 0.25) is 0 Å². The van der Waals surface area contributed by atoms with Crippen molar-refractivity contribution >= 4 is 34.5 Å². The molecule has 22 heavy (non-hydrogen) atoms. The highest BCUT2D eigenvalue weighted by Gasteiger charge is 2.27. The average molecular weight is 316 g/mol. The Morgan fingerprint density at radius 1 is 1.41 bits per heavy atom. The summed E-state index contributed by atoms with van der Waals surface area (Å²) >= 11 is 1.50. The molecule has 2 aliphatic heterocycles. The number of ether oxygens (including phenoxy) is 1. The van der Waals surface area contributed by atoms with Crippen LogP contribution in [0.1, 0.15) is 10.4 Å². The van der Waals surface area contributed by atoms with Crippen LogP contribution in [0.15, 0.2) is 34.7 Å². The van der Waals surface area contributed by atoms with Crippen molar-refractivity contribution in [1.82, 2.24) is 5.32 Å². The van der Waals surface area contributed by atoms with E-state index < -0.39 is 11.9 Å². The molecule has 2 aliphatic rings. The van der Waals surface area contributed by atoms with Crippen molar-refractivity contribution in [2.24, 2.45) is 10.9 Å². The highest BCUT2D eigenvalue weighted by Crippen LogP contribution is 2.35. The number of amides is 2. The molecule has 0 saturated carbocycles. The van der Waals surface area contributed by atoms with Gasteiger partial charge in [0, 0.05) is 15.7 Å². The molecule has 6 nitrogen and oxygen atoms in total. The molecule has 112 valence electrons. The van der Waals surface area contributed by atoms with Crippen molar-refractivity contribution in [1.29, 1.82) is 0 Å². The zero-order chi connectivity index (χ0) is 15.7. The molecule has 1 aromatic rings. The first-order valence-electron chi connectivity index (χ1n) is 6.55. The molecule has 0 spiro atoms. The minimum atomic E-state index is -0.530. The van der Waals surface area contributed by atoms with Crippen LogP contribution in [-0.2, 0) is 14.3 Å². The zero-order valence-corrected chi connectivity index (χ0v) is 12.5. The Balaban J connectivity index is 1.93. The number of methoxy groups -OCH3 is 1. The Hall–Kier alpha value is -2.41. The van der Waals surface area contributed by atoms with Gasteiger partial charge in [-0.05, 0) is 17.5 Å². The SMILES string of the molecule is COC(=O)CNC(=O)c1ccc2c(c1)=NC(=O)C1C=CSC=21. The molecule has 0 aliphatic carbocycles. The monoisotopic (exact) mass is 316 g/mol. The maximum Gasteiger partial charge on any atom is 0.325 e. The van der Waals surface area contributed by atoms with E-state index in [9.17, 15) is 14.4 Å². The van der Waals surface area contributed by atoms with Crippen molar-refractivity contribution in [3.8, 4) is 0 Å². The molecule has 2 heterocycles. The van der Waals surface area contributed by atoms with Gasteiger partial charge >= 0.3 is 5.97 Å². The first-order chi connectivity index (χ1) is 10.6. The molecule has 0 saturated heterocycles. The van der Waals surface area contributed by atoms with Gasteiger partial charge in [0.1, 0.15) is 6.54 Å². The van der Waals surface area contributed by atoms with Gasteiger partial charge in [0.25, 0.3) is 11.8 Å². The van der Waals surface area contributed by atoms with E-state index in [0.717, 1.165) is 10.1 Å². The first-order valence-corrected chi connectivity index (χ1v) is 7.43. The number of rotatable bonds is 3. The highest BCUT2D eigenvalue weighted by atomic mass is 32.2. The lowest BCUT2D eigenvalue weighted by Crippen LogP contribution is -2.37. The van der Waals surface area contributed by atoms with Crippen LogP contribution in [0, 0.1) is 5.92 Å². The largest absolute Gasteiger partial charge is 0.468 e. The predicted molar refractivity (Wildman–Crippen MR) is 80.2 cm³/mol. The topological polar surface area (TPSA) is 84.8 Å². The van der Waals surface area contributed by atoms with Crippen LogP contribution in [0.4, 0.5) is 0 Å². The average Bonchev–Trinajstić information content (AvgIpc) is 3.02. The molecule has 3 rings (SSSR count). The van der Waals surface area contributed by atoms with Crippen molar-refractivity contribution in [3.63, 3.8) is 0 Å². The van der Waals surface area contributed by atoms with Crippen LogP contribution in [0.3, 0.4) is 0 Å². The van der Waals surface area contributed by atoms with Gasteiger partial charge in [-0.1, -0.05) is 12.1 Å². The van der Waals surface area contributed by atoms with Crippen LogP contribution >= 0.6 is 11.8 Å². The molecule has 0 aromatic heterocycles. The van der Waals surface area contributed by atoms with Gasteiger partial charge in [-0.25, -0.2) is 4.99 Å². The van der Waals surface area contributed by atoms with E-state index in [2.05, 4.69) is 15.0 Å². The second kappa shape index (κ2) is 5.76. The fourth-order valence-electron chi connectivity index (χ4n) is 2.27. The fourth-order valence-corrected chi connectivity index (χ4v) is 3.27. The van der Waals surface area contributed by atoms with Crippen molar-refractivity contribution in [3.05, 3.63) is 45.8 Å². The normalized spacial score (nSPS) is 18.3. The third-order valence-electron chi connectivity index (χ3n) is 3.39. The lowest BCUT2D eigenvalue weighted by Gasteiger charge is -2.12. The van der Waals surface area contributed by atoms with Crippen LogP contribution in [0.25, 0.3) is 4.91 Å². The Kier molecular flexibility index (Phi) is 3.81. The van der Waals surface area contributed by atoms with E-state index in [4.69, 9.17) is 0 Å². The summed E-state index contributed by atoms with van der Waals surface area (Å²) in [6, 6.07) is 4.99. The van der Waals surface area contributed by atoms with Crippen LogP contribution in [-0.4, -0.2) is 31.4 Å². The quantitative estimate of drug-likeness (QED) is 0.776. The number of nitrogens with one attached hydrogen (secondary N) is 1. The zero-order valence-electron chi connectivity index (χ0n) is 11.7. The molecule has 2 amide bonds. The number of hydrogen-bond acceptors (Lipinski definition) is 5. The maximum atomic E-state index is 12.0. The molecule has 0 fully saturated rings. The van der Waals surface area contributed by atoms with Gasteiger partial charge in [-0.3, -0.25) is 14.4 Å². The molecule has 1 atom stereocenters. The third kappa shape index (κ3) is 2.55. The highest BCUT2D eigenvalue weighted by molar-refractivity contribution is 8.10. The molecule has 7 heteroatoms. The number of carbonyl (C=O) groups is 3. The lowest BCUT2D eigenvalue weighted by atomic mass is 10.0. The minimum Gasteiger partial charge on any atom is -0.468 e. The van der Waals surface area contributed by atoms with Crippen molar-refractivity contribution in [2.45, 2.75) is 0 Å². The number of carbonyl (C=O) groups excluding carboxylic acids is 3. The summed E-state index contributed by atoms with van der Waals surface area (Å²) in [5.74, 6) is -1.47. The molecule has 1 N–H and O–H groups in total. The molecule has 1 aromatic carbocycles. The number of esters is 1. The van der Waals surface area contributed by atoms with Gasteiger partial charge in [-0.2, -0.15) is 0 Å². The lowest BCUT2D eigenvalue weighted by molar-refractivity contribution is -0.139. The molecule has 0 bridgehead atoms. The van der Waals surface area contributed by atoms with Crippen LogP contribution in [0.5, 0.6) is 0 Å². The van der Waals surface area contributed by atoms with E-state index in [1.54, 1.807) is 18.2 Å². The fraction of sp³-hybridized carbons (Fsp3) is 0.200. The Labute approximate surface area is 129 Å². The Bertz CT molecular complexity index is 828. The minimum absolute atomic E-state index is 0.207. The smallest absolute Gasteiger partial charge is 0.325 e. The molecule has 1 unspecified atom stereocenters. The van der Waals surface area contributed by atoms with E-state index in [1.807, 2.05) is 11.5 Å². The van der Waals surface area contributed by atoms with E-state index in [1.165, 1.54) is 18.9 Å². The van der Waals surface area contributed by atoms with Gasteiger partial charge in [0.05, 0.1) is 18.4 Å². The summed E-state index contributed by atoms with van der Waals surface area (Å²) in [4.78, 5) is 40.0. The summed E-state index contributed by atoms with van der Waals surface area (Å²) in [6.07, 6.45) is 1.83. The van der Waals surface area contributed by atoms with Gasteiger partial charge in [-0.15, -0.1) is 11.8 Å². The third-order valence-corrected chi connectivity index (χ3v) is 4.41. The Morgan fingerprint density at radius 3 is 3.00 bits per heavy atom. The molecular formula is C15H12N2O4S. The summed E-state index contributed by atoms with van der Waals surface area (Å²) in [5, 5.41) is 5.67. The van der Waals surface area contributed by atoms with Crippen LogP contribution in [0.2, 0.25) is 0 Å². The van der Waals surface area contributed by atoms with E-state index >= 15 is 0 Å². The van der Waals surface area contributed by atoms with Gasteiger partial charge < -0.3 is 10.1 Å². The summed E-state index contributed by atoms with van der Waals surface area (Å²) in [6.45, 7) is -0.207. The van der Waals surface area contributed by atoms with Crippen LogP contribution < -0.4 is 15.9 Å². The van der Waals surface area contributed by atoms with Crippen molar-refractivity contribution < 1.29 is 19.1 Å². The number of benzene rings is 1. The maximum absolute atomic E-state index is 12.0. The first kappa shape index (κ1) is 14.5. The predicted octanol–water partition coefficient (Wildman–Crippen LogP) is -0.266. The van der Waals surface area contributed by atoms with E-state index in [-0.39, 0.29) is 18.4 Å². The number of fused-ring (bicyclic) bond motifs is 2. The van der Waals surface area contributed by atoms with Crippen molar-refractivity contribution in [2.75, 3.05) is 13.7 Å².